The van der Waals surface area contributed by atoms with Crippen LogP contribution in [0.1, 0.15) is 37.8 Å². The molecule has 1 aromatic carbocycles. The van der Waals surface area contributed by atoms with Crippen molar-refractivity contribution < 1.29 is 4.42 Å². The first kappa shape index (κ1) is 14.3. The maximum Gasteiger partial charge on any atom is 0.336 e. The minimum absolute atomic E-state index is 0.240. The SMILES string of the molecule is CCc1ccc2c(CN3CCCC(C)C3)cc(=O)oc2c1. The van der Waals surface area contributed by atoms with Crippen molar-refractivity contribution in [1.82, 2.24) is 4.90 Å². The largest absolute Gasteiger partial charge is 0.423 e. The first-order valence-corrected chi connectivity index (χ1v) is 7.93. The summed E-state index contributed by atoms with van der Waals surface area (Å²) < 4.78 is 5.38. The van der Waals surface area contributed by atoms with Crippen molar-refractivity contribution in [1.29, 1.82) is 0 Å². The van der Waals surface area contributed by atoms with Gasteiger partial charge < -0.3 is 4.42 Å². The molecular formula is C18H23NO2. The number of hydrogen-bond acceptors (Lipinski definition) is 3. The van der Waals surface area contributed by atoms with E-state index in [4.69, 9.17) is 4.42 Å². The Balaban J connectivity index is 1.95. The molecule has 1 fully saturated rings. The Labute approximate surface area is 125 Å². The van der Waals surface area contributed by atoms with Gasteiger partial charge in [-0.25, -0.2) is 4.79 Å². The van der Waals surface area contributed by atoms with Crippen molar-refractivity contribution in [3.63, 3.8) is 0 Å². The van der Waals surface area contributed by atoms with Gasteiger partial charge >= 0.3 is 5.63 Å². The van der Waals surface area contributed by atoms with E-state index in [1.807, 2.05) is 6.07 Å². The van der Waals surface area contributed by atoms with E-state index >= 15 is 0 Å². The number of nitrogens with zero attached hydrogens (tertiary/aromatic N) is 1. The average molecular weight is 285 g/mol. The molecule has 2 heterocycles. The van der Waals surface area contributed by atoms with Gasteiger partial charge in [-0.2, -0.15) is 0 Å². The van der Waals surface area contributed by atoms with Gasteiger partial charge in [-0.1, -0.05) is 26.0 Å². The second-order valence-electron chi connectivity index (χ2n) is 6.26. The quantitative estimate of drug-likeness (QED) is 0.808. The zero-order valence-electron chi connectivity index (χ0n) is 12.9. The first-order valence-electron chi connectivity index (χ1n) is 7.93. The zero-order valence-corrected chi connectivity index (χ0v) is 12.9. The van der Waals surface area contributed by atoms with E-state index in [2.05, 4.69) is 30.9 Å². The van der Waals surface area contributed by atoms with Crippen molar-refractivity contribution >= 4 is 11.0 Å². The standard InChI is InChI=1S/C18H23NO2/c1-3-14-6-7-16-15(10-18(20)21-17(16)9-14)12-19-8-4-5-13(2)11-19/h6-7,9-10,13H,3-5,8,11-12H2,1-2H3. The van der Waals surface area contributed by atoms with E-state index in [-0.39, 0.29) is 5.63 Å². The molecule has 3 rings (SSSR count). The predicted octanol–water partition coefficient (Wildman–Crippen LogP) is 3.59. The predicted molar refractivity (Wildman–Crippen MR) is 85.5 cm³/mol. The summed E-state index contributed by atoms with van der Waals surface area (Å²) in [6.45, 7) is 7.50. The lowest BCUT2D eigenvalue weighted by Gasteiger charge is -2.31. The van der Waals surface area contributed by atoms with Crippen LogP contribution >= 0.6 is 0 Å². The third kappa shape index (κ3) is 3.18. The second-order valence-corrected chi connectivity index (χ2v) is 6.26. The number of aryl methyl sites for hydroxylation is 1. The summed E-state index contributed by atoms with van der Waals surface area (Å²) in [6, 6.07) is 7.89. The molecule has 1 atom stereocenters. The third-order valence-corrected chi connectivity index (χ3v) is 4.44. The fourth-order valence-corrected chi connectivity index (χ4v) is 3.30. The molecular weight excluding hydrogens is 262 g/mol. The molecule has 0 bridgehead atoms. The van der Waals surface area contributed by atoms with Gasteiger partial charge in [0.15, 0.2) is 0 Å². The molecule has 1 saturated heterocycles. The number of likely N-dealkylation sites (tertiary alicyclic amines) is 1. The van der Waals surface area contributed by atoms with E-state index in [0.29, 0.717) is 0 Å². The number of hydrogen-bond donors (Lipinski definition) is 0. The topological polar surface area (TPSA) is 33.5 Å². The lowest BCUT2D eigenvalue weighted by molar-refractivity contribution is 0.177. The van der Waals surface area contributed by atoms with Crippen molar-refractivity contribution in [2.24, 2.45) is 5.92 Å². The molecule has 1 aliphatic rings. The number of fused-ring (bicyclic) bond motifs is 1. The Bertz CT molecular complexity index is 689. The highest BCUT2D eigenvalue weighted by atomic mass is 16.4. The van der Waals surface area contributed by atoms with Gasteiger partial charge in [0.2, 0.25) is 0 Å². The lowest BCUT2D eigenvalue weighted by atomic mass is 9.99. The fraction of sp³-hybridized carbons (Fsp3) is 0.500. The van der Waals surface area contributed by atoms with Crippen LogP contribution in [0.3, 0.4) is 0 Å². The van der Waals surface area contributed by atoms with Crippen LogP contribution in [-0.4, -0.2) is 18.0 Å². The summed E-state index contributed by atoms with van der Waals surface area (Å²) in [5.74, 6) is 0.747. The second kappa shape index (κ2) is 6.02. The molecule has 0 saturated carbocycles. The highest BCUT2D eigenvalue weighted by Gasteiger charge is 2.17. The summed E-state index contributed by atoms with van der Waals surface area (Å²) in [6.07, 6.45) is 3.52. The molecule has 0 radical (unpaired) electrons. The van der Waals surface area contributed by atoms with Gasteiger partial charge in [-0.05, 0) is 48.9 Å². The fourth-order valence-electron chi connectivity index (χ4n) is 3.30. The van der Waals surface area contributed by atoms with Crippen molar-refractivity contribution in [2.45, 2.75) is 39.7 Å². The van der Waals surface area contributed by atoms with Crippen LogP contribution in [0.15, 0.2) is 33.5 Å². The number of piperidine rings is 1. The van der Waals surface area contributed by atoms with Crippen LogP contribution in [0.5, 0.6) is 0 Å². The van der Waals surface area contributed by atoms with Crippen LogP contribution in [0.25, 0.3) is 11.0 Å². The molecule has 0 N–H and O–H groups in total. The first-order chi connectivity index (χ1) is 10.2. The van der Waals surface area contributed by atoms with Gasteiger partial charge in [0.1, 0.15) is 5.58 Å². The van der Waals surface area contributed by atoms with Crippen molar-refractivity contribution in [2.75, 3.05) is 13.1 Å². The molecule has 1 aliphatic heterocycles. The molecule has 2 aromatic rings. The number of rotatable bonds is 3. The smallest absolute Gasteiger partial charge is 0.336 e. The molecule has 1 unspecified atom stereocenters. The number of benzene rings is 1. The van der Waals surface area contributed by atoms with Gasteiger partial charge in [-0.3, -0.25) is 4.90 Å². The molecule has 3 nitrogen and oxygen atoms in total. The summed E-state index contributed by atoms with van der Waals surface area (Å²) in [7, 11) is 0. The molecule has 0 aliphatic carbocycles. The Kier molecular flexibility index (Phi) is 4.11. The van der Waals surface area contributed by atoms with Gasteiger partial charge in [-0.15, -0.1) is 0 Å². The average Bonchev–Trinajstić information content (AvgIpc) is 2.46. The van der Waals surface area contributed by atoms with Crippen LogP contribution < -0.4 is 5.63 Å². The van der Waals surface area contributed by atoms with E-state index in [9.17, 15) is 4.79 Å². The molecule has 112 valence electrons. The van der Waals surface area contributed by atoms with Crippen LogP contribution in [0.2, 0.25) is 0 Å². The van der Waals surface area contributed by atoms with E-state index < -0.39 is 0 Å². The molecule has 1 aromatic heterocycles. The minimum atomic E-state index is -0.240. The van der Waals surface area contributed by atoms with Gasteiger partial charge in [0.05, 0.1) is 0 Å². The van der Waals surface area contributed by atoms with Crippen LogP contribution in [0.4, 0.5) is 0 Å². The Morgan fingerprint density at radius 1 is 1.33 bits per heavy atom. The monoisotopic (exact) mass is 285 g/mol. The van der Waals surface area contributed by atoms with E-state index in [1.165, 1.54) is 18.4 Å². The summed E-state index contributed by atoms with van der Waals surface area (Å²) >= 11 is 0. The van der Waals surface area contributed by atoms with Gasteiger partial charge in [0.25, 0.3) is 0 Å². The highest BCUT2D eigenvalue weighted by molar-refractivity contribution is 5.80. The molecule has 0 spiro atoms. The van der Waals surface area contributed by atoms with Gasteiger partial charge in [0, 0.05) is 24.5 Å². The highest BCUT2D eigenvalue weighted by Crippen LogP contribution is 2.23. The Morgan fingerprint density at radius 2 is 2.19 bits per heavy atom. The maximum atomic E-state index is 11.8. The minimum Gasteiger partial charge on any atom is -0.423 e. The van der Waals surface area contributed by atoms with Crippen LogP contribution in [-0.2, 0) is 13.0 Å². The lowest BCUT2D eigenvalue weighted by Crippen LogP contribution is -2.34. The summed E-state index contributed by atoms with van der Waals surface area (Å²) in [4.78, 5) is 14.3. The third-order valence-electron chi connectivity index (χ3n) is 4.44. The van der Waals surface area contributed by atoms with E-state index in [1.54, 1.807) is 6.07 Å². The van der Waals surface area contributed by atoms with E-state index in [0.717, 1.165) is 48.5 Å². The molecule has 0 amide bonds. The van der Waals surface area contributed by atoms with Crippen LogP contribution in [0, 0.1) is 5.92 Å². The van der Waals surface area contributed by atoms with Crippen molar-refractivity contribution in [3.05, 3.63) is 45.8 Å². The maximum absolute atomic E-state index is 11.8. The van der Waals surface area contributed by atoms with Crippen molar-refractivity contribution in [3.8, 4) is 0 Å². The zero-order chi connectivity index (χ0) is 14.8. The summed E-state index contributed by atoms with van der Waals surface area (Å²) in [5.41, 5.74) is 2.78. The molecule has 21 heavy (non-hydrogen) atoms. The molecule has 3 heteroatoms. The Hall–Kier alpha value is -1.61. The normalized spacial score (nSPS) is 20.0. The summed E-state index contributed by atoms with van der Waals surface area (Å²) in [5, 5.41) is 1.07. The Morgan fingerprint density at radius 3 is 2.95 bits per heavy atom.